The first kappa shape index (κ1) is 12.1. The van der Waals surface area contributed by atoms with E-state index in [9.17, 15) is 0 Å². The fourth-order valence-electron chi connectivity index (χ4n) is 1.98. The summed E-state index contributed by atoms with van der Waals surface area (Å²) in [6.45, 7) is 5.02. The van der Waals surface area contributed by atoms with Gasteiger partial charge in [-0.05, 0) is 25.2 Å². The Morgan fingerprint density at radius 3 is 3.06 bits per heavy atom. The quantitative estimate of drug-likeness (QED) is 0.789. The van der Waals surface area contributed by atoms with Gasteiger partial charge in [-0.1, -0.05) is 20.3 Å². The van der Waals surface area contributed by atoms with Gasteiger partial charge in [0.15, 0.2) is 0 Å². The summed E-state index contributed by atoms with van der Waals surface area (Å²) in [5.41, 5.74) is 0. The molecule has 0 radical (unpaired) electrons. The van der Waals surface area contributed by atoms with Crippen LogP contribution in [0.5, 0.6) is 5.88 Å². The first-order valence-electron chi connectivity index (χ1n) is 6.55. The number of nitrogens with one attached hydrogen (secondary N) is 1. The predicted molar refractivity (Wildman–Crippen MR) is 68.2 cm³/mol. The summed E-state index contributed by atoms with van der Waals surface area (Å²) in [5, 5.41) is 3.37. The number of nitrogens with zero attached hydrogens (tertiary/aromatic N) is 2. The second-order valence-corrected chi connectivity index (χ2v) is 4.60. The maximum Gasteiger partial charge on any atom is 0.226 e. The lowest BCUT2D eigenvalue weighted by molar-refractivity contribution is 0.305. The fourth-order valence-corrected chi connectivity index (χ4v) is 1.98. The van der Waals surface area contributed by atoms with E-state index in [-0.39, 0.29) is 0 Å². The molecule has 1 aromatic heterocycles. The minimum Gasteiger partial charge on any atom is -0.478 e. The molecule has 0 saturated heterocycles. The van der Waals surface area contributed by atoms with Gasteiger partial charge in [0.05, 0.1) is 6.61 Å². The van der Waals surface area contributed by atoms with Gasteiger partial charge >= 0.3 is 0 Å². The Bertz CT molecular complexity index is 356. The molecule has 1 fully saturated rings. The maximum absolute atomic E-state index is 5.48. The highest BCUT2D eigenvalue weighted by Gasteiger charge is 2.36. The standard InChI is InChI=1S/C13H21N3O/c1-3-5-10-9-11(10)15-13-14-7-6-12(16-13)17-8-4-2/h6-7,10-11H,3-5,8-9H2,1-2H3,(H,14,15,16). The van der Waals surface area contributed by atoms with Crippen molar-refractivity contribution in [3.63, 3.8) is 0 Å². The number of rotatable bonds is 7. The third-order valence-corrected chi connectivity index (χ3v) is 2.98. The number of hydrogen-bond acceptors (Lipinski definition) is 4. The molecule has 1 heterocycles. The molecule has 1 aliphatic rings. The van der Waals surface area contributed by atoms with Crippen molar-refractivity contribution in [2.75, 3.05) is 11.9 Å². The molecule has 2 rings (SSSR count). The third-order valence-electron chi connectivity index (χ3n) is 2.98. The summed E-state index contributed by atoms with van der Waals surface area (Å²) in [5.74, 6) is 2.17. The van der Waals surface area contributed by atoms with Crippen LogP contribution in [0.2, 0.25) is 0 Å². The fraction of sp³-hybridized carbons (Fsp3) is 0.692. The van der Waals surface area contributed by atoms with Crippen molar-refractivity contribution < 1.29 is 4.74 Å². The van der Waals surface area contributed by atoms with Crippen LogP contribution in [0.15, 0.2) is 12.3 Å². The zero-order valence-electron chi connectivity index (χ0n) is 10.6. The molecule has 0 aromatic carbocycles. The minimum atomic E-state index is 0.566. The molecule has 17 heavy (non-hydrogen) atoms. The molecule has 2 atom stereocenters. The van der Waals surface area contributed by atoms with Crippen molar-refractivity contribution in [2.45, 2.75) is 45.6 Å². The van der Waals surface area contributed by atoms with Crippen molar-refractivity contribution in [1.82, 2.24) is 9.97 Å². The Morgan fingerprint density at radius 1 is 1.41 bits per heavy atom. The highest BCUT2D eigenvalue weighted by atomic mass is 16.5. The van der Waals surface area contributed by atoms with Gasteiger partial charge in [0.25, 0.3) is 0 Å². The SMILES string of the molecule is CCCOc1ccnc(NC2CC2CCC)n1. The minimum absolute atomic E-state index is 0.566. The second-order valence-electron chi connectivity index (χ2n) is 4.60. The molecular weight excluding hydrogens is 214 g/mol. The van der Waals surface area contributed by atoms with Crippen LogP contribution in [0.4, 0.5) is 5.95 Å². The number of anilines is 1. The largest absolute Gasteiger partial charge is 0.478 e. The van der Waals surface area contributed by atoms with E-state index in [1.807, 2.05) is 0 Å². The van der Waals surface area contributed by atoms with Crippen molar-refractivity contribution in [3.8, 4) is 5.88 Å². The molecule has 94 valence electrons. The highest BCUT2D eigenvalue weighted by Crippen LogP contribution is 2.36. The Labute approximate surface area is 103 Å². The lowest BCUT2D eigenvalue weighted by atomic mass is 10.2. The first-order valence-corrected chi connectivity index (χ1v) is 6.55. The van der Waals surface area contributed by atoms with E-state index >= 15 is 0 Å². The van der Waals surface area contributed by atoms with E-state index in [2.05, 4.69) is 29.1 Å². The van der Waals surface area contributed by atoms with Gasteiger partial charge in [-0.3, -0.25) is 0 Å². The zero-order valence-corrected chi connectivity index (χ0v) is 10.6. The van der Waals surface area contributed by atoms with Crippen molar-refractivity contribution >= 4 is 5.95 Å². The van der Waals surface area contributed by atoms with Crippen LogP contribution < -0.4 is 10.1 Å². The number of ether oxygens (including phenoxy) is 1. The number of aromatic nitrogens is 2. The average Bonchev–Trinajstić information content (AvgIpc) is 3.06. The summed E-state index contributed by atoms with van der Waals surface area (Å²) in [6, 6.07) is 2.37. The van der Waals surface area contributed by atoms with Crippen LogP contribution in [-0.2, 0) is 0 Å². The first-order chi connectivity index (χ1) is 8.33. The van der Waals surface area contributed by atoms with Crippen LogP contribution in [0.25, 0.3) is 0 Å². The molecule has 2 unspecified atom stereocenters. The molecule has 1 aliphatic carbocycles. The van der Waals surface area contributed by atoms with Crippen LogP contribution in [-0.4, -0.2) is 22.6 Å². The molecular formula is C13H21N3O. The zero-order chi connectivity index (χ0) is 12.1. The van der Waals surface area contributed by atoms with E-state index in [1.54, 1.807) is 12.3 Å². The van der Waals surface area contributed by atoms with Gasteiger partial charge in [0, 0.05) is 18.3 Å². The molecule has 4 nitrogen and oxygen atoms in total. The lowest BCUT2D eigenvalue weighted by Crippen LogP contribution is -2.09. The Morgan fingerprint density at radius 2 is 2.29 bits per heavy atom. The van der Waals surface area contributed by atoms with E-state index in [0.717, 1.165) is 12.3 Å². The van der Waals surface area contributed by atoms with Gasteiger partial charge in [-0.25, -0.2) is 4.98 Å². The molecule has 1 saturated carbocycles. The molecule has 0 bridgehead atoms. The highest BCUT2D eigenvalue weighted by molar-refractivity contribution is 5.31. The van der Waals surface area contributed by atoms with Crippen LogP contribution in [0, 0.1) is 5.92 Å². The summed E-state index contributed by atoms with van der Waals surface area (Å²) in [7, 11) is 0. The Kier molecular flexibility index (Phi) is 4.18. The lowest BCUT2D eigenvalue weighted by Gasteiger charge is -2.06. The Hall–Kier alpha value is -1.32. The smallest absolute Gasteiger partial charge is 0.226 e. The van der Waals surface area contributed by atoms with Crippen molar-refractivity contribution in [3.05, 3.63) is 12.3 Å². The Balaban J connectivity index is 1.84. The topological polar surface area (TPSA) is 47.0 Å². The van der Waals surface area contributed by atoms with Crippen LogP contribution in [0.3, 0.4) is 0 Å². The van der Waals surface area contributed by atoms with Crippen LogP contribution in [0.1, 0.15) is 39.5 Å². The third kappa shape index (κ3) is 3.58. The molecule has 0 spiro atoms. The van der Waals surface area contributed by atoms with E-state index in [0.29, 0.717) is 24.5 Å². The van der Waals surface area contributed by atoms with E-state index in [1.165, 1.54) is 19.3 Å². The van der Waals surface area contributed by atoms with Crippen molar-refractivity contribution in [1.29, 1.82) is 0 Å². The predicted octanol–water partition coefficient (Wildman–Crippen LogP) is 2.87. The van der Waals surface area contributed by atoms with Crippen LogP contribution >= 0.6 is 0 Å². The van der Waals surface area contributed by atoms with Gasteiger partial charge < -0.3 is 10.1 Å². The molecule has 1 aromatic rings. The molecule has 4 heteroatoms. The second kappa shape index (κ2) is 5.84. The van der Waals surface area contributed by atoms with Gasteiger partial charge in [0.1, 0.15) is 0 Å². The van der Waals surface area contributed by atoms with E-state index < -0.39 is 0 Å². The summed E-state index contributed by atoms with van der Waals surface area (Å²) < 4.78 is 5.48. The van der Waals surface area contributed by atoms with E-state index in [4.69, 9.17) is 4.74 Å². The van der Waals surface area contributed by atoms with Gasteiger partial charge in [-0.15, -0.1) is 0 Å². The summed E-state index contributed by atoms with van der Waals surface area (Å²) in [4.78, 5) is 8.56. The van der Waals surface area contributed by atoms with Crippen molar-refractivity contribution in [2.24, 2.45) is 5.92 Å². The van der Waals surface area contributed by atoms with Gasteiger partial charge in [-0.2, -0.15) is 4.98 Å². The maximum atomic E-state index is 5.48. The number of hydrogen-bond donors (Lipinski definition) is 1. The normalized spacial score (nSPS) is 22.2. The summed E-state index contributed by atoms with van der Waals surface area (Å²) >= 11 is 0. The molecule has 0 aliphatic heterocycles. The monoisotopic (exact) mass is 235 g/mol. The average molecular weight is 235 g/mol. The summed E-state index contributed by atoms with van der Waals surface area (Å²) in [6.07, 6.45) is 6.54. The molecule has 0 amide bonds. The van der Waals surface area contributed by atoms with Gasteiger partial charge in [0.2, 0.25) is 11.8 Å². The molecule has 1 N–H and O–H groups in total.